The van der Waals surface area contributed by atoms with Crippen molar-refractivity contribution < 1.29 is 13.2 Å². The molecular formula is C15H25N3O3S. The first-order valence-electron chi connectivity index (χ1n) is 7.84. The van der Waals surface area contributed by atoms with Gasteiger partial charge in [0.25, 0.3) is 0 Å². The lowest BCUT2D eigenvalue weighted by Gasteiger charge is -2.35. The van der Waals surface area contributed by atoms with E-state index >= 15 is 0 Å². The predicted molar refractivity (Wildman–Crippen MR) is 83.8 cm³/mol. The number of carbonyl (C=O) groups excluding carboxylic acids is 1. The molecule has 2 heterocycles. The lowest BCUT2D eigenvalue weighted by molar-refractivity contribution is -0.133. The van der Waals surface area contributed by atoms with Gasteiger partial charge in [0.05, 0.1) is 23.0 Å². The Labute approximate surface area is 133 Å². The molecule has 0 aromatic rings. The summed E-state index contributed by atoms with van der Waals surface area (Å²) in [4.78, 5) is 16.1. The highest BCUT2D eigenvalue weighted by atomic mass is 32.2. The topological polar surface area (TPSA) is 81.5 Å². The number of hydrogen-bond donors (Lipinski definition) is 0. The third-order valence-corrected chi connectivity index (χ3v) is 6.75. The third-order valence-electron chi connectivity index (χ3n) is 5.00. The van der Waals surface area contributed by atoms with Crippen molar-refractivity contribution in [2.45, 2.75) is 38.6 Å². The molecule has 2 fully saturated rings. The van der Waals surface area contributed by atoms with Gasteiger partial charge in [-0.1, -0.05) is 0 Å². The maximum Gasteiger partial charge on any atom is 0.223 e. The van der Waals surface area contributed by atoms with E-state index in [0.29, 0.717) is 32.5 Å². The number of rotatable bonds is 4. The van der Waals surface area contributed by atoms with Gasteiger partial charge in [-0.05, 0) is 33.2 Å². The van der Waals surface area contributed by atoms with Crippen LogP contribution in [-0.2, 0) is 14.6 Å². The number of amides is 1. The van der Waals surface area contributed by atoms with Crippen molar-refractivity contribution in [3.05, 3.63) is 0 Å². The molecule has 0 radical (unpaired) electrons. The van der Waals surface area contributed by atoms with Gasteiger partial charge >= 0.3 is 0 Å². The van der Waals surface area contributed by atoms with Crippen LogP contribution in [0.25, 0.3) is 0 Å². The summed E-state index contributed by atoms with van der Waals surface area (Å²) in [5, 5.41) is 9.11. The second-order valence-corrected chi connectivity index (χ2v) is 9.07. The largest absolute Gasteiger partial charge is 0.343 e. The van der Waals surface area contributed by atoms with Gasteiger partial charge in [0.15, 0.2) is 9.84 Å². The summed E-state index contributed by atoms with van der Waals surface area (Å²) in [5.74, 6) is 0.573. The number of likely N-dealkylation sites (tertiary alicyclic amines) is 1. The van der Waals surface area contributed by atoms with Crippen LogP contribution in [0, 0.1) is 16.7 Å². The highest BCUT2D eigenvalue weighted by Crippen LogP contribution is 2.30. The molecule has 2 saturated heterocycles. The number of nitrogens with zero attached hydrogens (tertiary/aromatic N) is 3. The number of carbonyl (C=O) groups is 1. The standard InChI is InChI=1S/C15H25N3O3S/c1-15(12-16)5-8-18(9-6-15)14(19)3-7-17(2)13-4-10-22(20,21)11-13/h13H,3-11H2,1-2H3/t13-/m1/s1. The molecule has 2 rings (SSSR count). The molecule has 0 spiro atoms. The average Bonchev–Trinajstić information content (AvgIpc) is 2.85. The van der Waals surface area contributed by atoms with Crippen LogP contribution in [0.4, 0.5) is 0 Å². The van der Waals surface area contributed by atoms with E-state index in [2.05, 4.69) is 6.07 Å². The van der Waals surface area contributed by atoms with Gasteiger partial charge in [-0.15, -0.1) is 0 Å². The van der Waals surface area contributed by atoms with Crippen LogP contribution in [-0.4, -0.2) is 68.4 Å². The predicted octanol–water partition coefficient (Wildman–Crippen LogP) is 0.648. The molecule has 0 saturated carbocycles. The molecule has 0 unspecified atom stereocenters. The van der Waals surface area contributed by atoms with Crippen molar-refractivity contribution in [1.82, 2.24) is 9.80 Å². The van der Waals surface area contributed by atoms with E-state index in [4.69, 9.17) is 5.26 Å². The maximum atomic E-state index is 12.2. The quantitative estimate of drug-likeness (QED) is 0.757. The fraction of sp³-hybridized carbons (Fsp3) is 0.867. The van der Waals surface area contributed by atoms with E-state index in [9.17, 15) is 13.2 Å². The average molecular weight is 327 g/mol. The fourth-order valence-corrected chi connectivity index (χ4v) is 4.90. The molecular weight excluding hydrogens is 302 g/mol. The second kappa shape index (κ2) is 6.55. The summed E-state index contributed by atoms with van der Waals surface area (Å²) in [5.41, 5.74) is -0.300. The molecule has 7 heteroatoms. The number of nitriles is 1. The van der Waals surface area contributed by atoms with Crippen molar-refractivity contribution in [1.29, 1.82) is 5.26 Å². The van der Waals surface area contributed by atoms with Crippen LogP contribution in [0.5, 0.6) is 0 Å². The van der Waals surface area contributed by atoms with E-state index in [1.54, 1.807) is 0 Å². The van der Waals surface area contributed by atoms with E-state index in [1.165, 1.54) is 0 Å². The van der Waals surface area contributed by atoms with Crippen molar-refractivity contribution in [2.75, 3.05) is 38.2 Å². The van der Waals surface area contributed by atoms with Crippen molar-refractivity contribution in [2.24, 2.45) is 5.41 Å². The zero-order chi connectivity index (χ0) is 16.4. The van der Waals surface area contributed by atoms with Crippen molar-refractivity contribution in [3.63, 3.8) is 0 Å². The Bertz CT molecular complexity index is 559. The molecule has 1 atom stereocenters. The highest BCUT2D eigenvalue weighted by molar-refractivity contribution is 7.91. The molecule has 2 aliphatic rings. The van der Waals surface area contributed by atoms with E-state index in [0.717, 1.165) is 12.8 Å². The molecule has 0 aliphatic carbocycles. The molecule has 0 N–H and O–H groups in total. The number of hydrogen-bond acceptors (Lipinski definition) is 5. The highest BCUT2D eigenvalue weighted by Gasteiger charge is 2.33. The fourth-order valence-electron chi connectivity index (χ4n) is 3.10. The molecule has 22 heavy (non-hydrogen) atoms. The second-order valence-electron chi connectivity index (χ2n) is 6.84. The van der Waals surface area contributed by atoms with Gasteiger partial charge in [0.1, 0.15) is 0 Å². The smallest absolute Gasteiger partial charge is 0.223 e. The summed E-state index contributed by atoms with van der Waals surface area (Å²) in [7, 11) is -0.992. The number of piperidine rings is 1. The zero-order valence-corrected chi connectivity index (χ0v) is 14.2. The molecule has 0 bridgehead atoms. The molecule has 124 valence electrons. The minimum absolute atomic E-state index is 0.0426. The van der Waals surface area contributed by atoms with Gasteiger partial charge in [-0.3, -0.25) is 4.79 Å². The lowest BCUT2D eigenvalue weighted by atomic mass is 9.82. The summed E-state index contributed by atoms with van der Waals surface area (Å²) in [6.07, 6.45) is 2.53. The van der Waals surface area contributed by atoms with Crippen molar-refractivity contribution >= 4 is 15.7 Å². The Hall–Kier alpha value is -1.13. The van der Waals surface area contributed by atoms with E-state index in [1.807, 2.05) is 23.8 Å². The van der Waals surface area contributed by atoms with Gasteiger partial charge in [0, 0.05) is 32.1 Å². The first-order chi connectivity index (χ1) is 10.2. The Morgan fingerprint density at radius 1 is 1.41 bits per heavy atom. The Morgan fingerprint density at radius 3 is 2.55 bits per heavy atom. The van der Waals surface area contributed by atoms with E-state index in [-0.39, 0.29) is 28.9 Å². The Morgan fingerprint density at radius 2 is 2.05 bits per heavy atom. The van der Waals surface area contributed by atoms with E-state index < -0.39 is 9.84 Å². The normalized spacial score (nSPS) is 26.8. The summed E-state index contributed by atoms with van der Waals surface area (Å²) in [6, 6.07) is 2.37. The lowest BCUT2D eigenvalue weighted by Crippen LogP contribution is -2.43. The van der Waals surface area contributed by atoms with Gasteiger partial charge in [0.2, 0.25) is 5.91 Å². The van der Waals surface area contributed by atoms with Gasteiger partial charge in [-0.2, -0.15) is 5.26 Å². The summed E-state index contributed by atoms with van der Waals surface area (Å²) in [6.45, 7) is 3.82. The first-order valence-corrected chi connectivity index (χ1v) is 9.66. The van der Waals surface area contributed by atoms with Crippen LogP contribution < -0.4 is 0 Å². The molecule has 2 aliphatic heterocycles. The van der Waals surface area contributed by atoms with Crippen molar-refractivity contribution in [3.8, 4) is 6.07 Å². The van der Waals surface area contributed by atoms with Crippen LogP contribution in [0.15, 0.2) is 0 Å². The van der Waals surface area contributed by atoms with Crippen LogP contribution >= 0.6 is 0 Å². The minimum atomic E-state index is -2.88. The van der Waals surface area contributed by atoms with Gasteiger partial charge in [-0.25, -0.2) is 8.42 Å². The summed E-state index contributed by atoms with van der Waals surface area (Å²) < 4.78 is 23.0. The maximum absolute atomic E-state index is 12.2. The Kier molecular flexibility index (Phi) is 5.13. The molecule has 1 amide bonds. The minimum Gasteiger partial charge on any atom is -0.343 e. The third kappa shape index (κ3) is 4.20. The van der Waals surface area contributed by atoms with Gasteiger partial charge < -0.3 is 9.80 Å². The summed E-state index contributed by atoms with van der Waals surface area (Å²) >= 11 is 0. The molecule has 0 aromatic carbocycles. The molecule has 0 aromatic heterocycles. The SMILES string of the molecule is CN(CCC(=O)N1CCC(C)(C#N)CC1)[C@@H]1CCS(=O)(=O)C1. The number of sulfone groups is 1. The zero-order valence-electron chi connectivity index (χ0n) is 13.4. The Balaban J connectivity index is 1.76. The first kappa shape index (κ1) is 17.2. The monoisotopic (exact) mass is 327 g/mol. The van der Waals surface area contributed by atoms with Crippen LogP contribution in [0.1, 0.15) is 32.6 Å². The van der Waals surface area contributed by atoms with Crippen LogP contribution in [0.3, 0.4) is 0 Å². The molecule has 6 nitrogen and oxygen atoms in total. The van der Waals surface area contributed by atoms with Crippen LogP contribution in [0.2, 0.25) is 0 Å².